The Morgan fingerprint density at radius 2 is 2.17 bits per heavy atom. The molecule has 0 spiro atoms. The minimum absolute atomic E-state index is 0.0168. The summed E-state index contributed by atoms with van der Waals surface area (Å²) in [4.78, 5) is 16.3. The van der Waals surface area contributed by atoms with Gasteiger partial charge < -0.3 is 9.84 Å². The third-order valence-electron chi connectivity index (χ3n) is 3.21. The number of phenolic OH excluding ortho intramolecular Hbond substituents is 1. The maximum atomic E-state index is 12.0. The van der Waals surface area contributed by atoms with Gasteiger partial charge in [-0.25, -0.2) is 4.98 Å². The molecule has 3 rings (SSSR count). The molecule has 7 heteroatoms. The Morgan fingerprint density at radius 3 is 2.92 bits per heavy atom. The molecule has 0 saturated carbocycles. The topological polar surface area (TPSA) is 71.5 Å². The number of benzene rings is 2. The number of halogens is 1. The number of carbonyl (C=O) groups excluding carboxylic acids is 1. The van der Waals surface area contributed by atoms with E-state index in [4.69, 9.17) is 16.3 Å². The number of rotatable bonds is 4. The molecule has 2 aromatic carbocycles. The summed E-state index contributed by atoms with van der Waals surface area (Å²) in [5, 5.41) is 13.6. The number of ether oxygens (including phenoxy) is 1. The maximum absolute atomic E-state index is 12.0. The van der Waals surface area contributed by atoms with E-state index in [2.05, 4.69) is 10.3 Å². The summed E-state index contributed by atoms with van der Waals surface area (Å²) in [5.41, 5.74) is 1.46. The number of aromatic nitrogens is 1. The van der Waals surface area contributed by atoms with Gasteiger partial charge in [-0.05, 0) is 42.0 Å². The van der Waals surface area contributed by atoms with Crippen LogP contribution in [0.4, 0.5) is 5.13 Å². The third-order valence-corrected chi connectivity index (χ3v) is 4.38. The molecule has 0 unspecified atom stereocenters. The molecule has 0 aliphatic rings. The molecule has 24 heavy (non-hydrogen) atoms. The van der Waals surface area contributed by atoms with Crippen LogP contribution in [0.5, 0.6) is 11.5 Å². The molecule has 0 aliphatic carbocycles. The minimum Gasteiger partial charge on any atom is -0.504 e. The predicted octanol–water partition coefficient (Wildman–Crippen LogP) is 4.32. The fourth-order valence-electron chi connectivity index (χ4n) is 2.08. The van der Waals surface area contributed by atoms with Gasteiger partial charge in [0.1, 0.15) is 0 Å². The highest BCUT2D eigenvalue weighted by Crippen LogP contribution is 2.29. The van der Waals surface area contributed by atoms with E-state index in [1.807, 2.05) is 0 Å². The second-order valence-electron chi connectivity index (χ2n) is 4.88. The number of hydrogen-bond acceptors (Lipinski definition) is 5. The van der Waals surface area contributed by atoms with E-state index in [1.54, 1.807) is 36.4 Å². The van der Waals surface area contributed by atoms with Gasteiger partial charge in [0.15, 0.2) is 16.6 Å². The standard InChI is InChI=1S/C17H13ClN2O3S/c1-23-14-6-2-10(8-13(14)21)3-7-16(22)20-17-19-12-5-4-11(18)9-15(12)24-17/h2-9,21H,1H3,(H,19,20,22)/b7-3+. The van der Waals surface area contributed by atoms with Gasteiger partial charge in [-0.1, -0.05) is 29.0 Å². The van der Waals surface area contributed by atoms with Crippen LogP contribution in [-0.4, -0.2) is 23.1 Å². The number of anilines is 1. The lowest BCUT2D eigenvalue weighted by Crippen LogP contribution is -2.07. The van der Waals surface area contributed by atoms with Crippen LogP contribution in [0.1, 0.15) is 5.56 Å². The second kappa shape index (κ2) is 6.90. The van der Waals surface area contributed by atoms with Gasteiger partial charge in [0.25, 0.3) is 0 Å². The number of phenols is 1. The lowest BCUT2D eigenvalue weighted by molar-refractivity contribution is -0.111. The van der Waals surface area contributed by atoms with Crippen LogP contribution >= 0.6 is 22.9 Å². The van der Waals surface area contributed by atoms with Crippen LogP contribution in [0.3, 0.4) is 0 Å². The van der Waals surface area contributed by atoms with E-state index >= 15 is 0 Å². The molecule has 0 radical (unpaired) electrons. The van der Waals surface area contributed by atoms with Gasteiger partial charge >= 0.3 is 0 Å². The molecule has 0 saturated heterocycles. The predicted molar refractivity (Wildman–Crippen MR) is 97.0 cm³/mol. The second-order valence-corrected chi connectivity index (χ2v) is 6.35. The normalized spacial score (nSPS) is 11.1. The molecule has 3 aromatic rings. The van der Waals surface area contributed by atoms with E-state index in [-0.39, 0.29) is 11.7 Å². The smallest absolute Gasteiger partial charge is 0.250 e. The first-order valence-corrected chi connectivity index (χ1v) is 8.17. The summed E-state index contributed by atoms with van der Waals surface area (Å²) in [7, 11) is 1.48. The minimum atomic E-state index is -0.310. The first kappa shape index (κ1) is 16.3. The molecule has 0 atom stereocenters. The average molecular weight is 361 g/mol. The van der Waals surface area contributed by atoms with Gasteiger partial charge in [0.05, 0.1) is 17.3 Å². The zero-order valence-electron chi connectivity index (χ0n) is 12.6. The van der Waals surface area contributed by atoms with Crippen LogP contribution in [0.2, 0.25) is 5.02 Å². The number of methoxy groups -OCH3 is 1. The Morgan fingerprint density at radius 1 is 1.33 bits per heavy atom. The number of hydrogen-bond donors (Lipinski definition) is 2. The molecule has 0 fully saturated rings. The summed E-state index contributed by atoms with van der Waals surface area (Å²) in [5.74, 6) is 0.0864. The number of fused-ring (bicyclic) bond motifs is 1. The first-order valence-electron chi connectivity index (χ1n) is 6.97. The maximum Gasteiger partial charge on any atom is 0.250 e. The number of nitrogens with one attached hydrogen (secondary N) is 1. The molecule has 1 amide bonds. The van der Waals surface area contributed by atoms with E-state index in [9.17, 15) is 9.90 Å². The summed E-state index contributed by atoms with van der Waals surface area (Å²) < 4.78 is 5.88. The van der Waals surface area contributed by atoms with Gasteiger partial charge in [-0.2, -0.15) is 0 Å². The van der Waals surface area contributed by atoms with Crippen molar-refractivity contribution in [3.63, 3.8) is 0 Å². The molecule has 1 heterocycles. The van der Waals surface area contributed by atoms with Gasteiger partial charge in [0, 0.05) is 11.1 Å². The van der Waals surface area contributed by atoms with Crippen LogP contribution in [0.25, 0.3) is 16.3 Å². The van der Waals surface area contributed by atoms with Crippen molar-refractivity contribution in [1.29, 1.82) is 0 Å². The first-order chi connectivity index (χ1) is 11.5. The van der Waals surface area contributed by atoms with Gasteiger partial charge in [-0.3, -0.25) is 10.1 Å². The zero-order chi connectivity index (χ0) is 17.1. The van der Waals surface area contributed by atoms with Gasteiger partial charge in [0.2, 0.25) is 5.91 Å². The van der Waals surface area contributed by atoms with Crippen molar-refractivity contribution >= 4 is 50.3 Å². The van der Waals surface area contributed by atoms with Crippen molar-refractivity contribution in [3.8, 4) is 11.5 Å². The Labute approximate surface area is 147 Å². The van der Waals surface area contributed by atoms with Crippen molar-refractivity contribution < 1.29 is 14.6 Å². The number of nitrogens with zero attached hydrogens (tertiary/aromatic N) is 1. The monoisotopic (exact) mass is 360 g/mol. The highest BCUT2D eigenvalue weighted by atomic mass is 35.5. The molecule has 1 aromatic heterocycles. The fourth-order valence-corrected chi connectivity index (χ4v) is 3.23. The third kappa shape index (κ3) is 3.67. The largest absolute Gasteiger partial charge is 0.504 e. The number of thiazole rings is 1. The number of carbonyl (C=O) groups is 1. The van der Waals surface area contributed by atoms with E-state index < -0.39 is 0 Å². The van der Waals surface area contributed by atoms with Crippen molar-refractivity contribution in [2.45, 2.75) is 0 Å². The number of amides is 1. The van der Waals surface area contributed by atoms with Crippen molar-refractivity contribution in [2.24, 2.45) is 0 Å². The Balaban J connectivity index is 1.71. The van der Waals surface area contributed by atoms with Crippen molar-refractivity contribution in [2.75, 3.05) is 12.4 Å². The van der Waals surface area contributed by atoms with Crippen LogP contribution in [-0.2, 0) is 4.79 Å². The summed E-state index contributed by atoms with van der Waals surface area (Å²) in [6, 6.07) is 10.2. The number of aromatic hydroxyl groups is 1. The lowest BCUT2D eigenvalue weighted by atomic mass is 10.2. The van der Waals surface area contributed by atoms with Crippen molar-refractivity contribution in [3.05, 3.63) is 53.1 Å². The lowest BCUT2D eigenvalue weighted by Gasteiger charge is -2.03. The SMILES string of the molecule is COc1ccc(/C=C/C(=O)Nc2nc3ccc(Cl)cc3s2)cc1O. The van der Waals surface area contributed by atoms with Crippen LogP contribution in [0, 0.1) is 0 Å². The highest BCUT2D eigenvalue weighted by molar-refractivity contribution is 7.22. The molecule has 0 aliphatic heterocycles. The molecule has 2 N–H and O–H groups in total. The Hall–Kier alpha value is -2.57. The summed E-state index contributed by atoms with van der Waals surface area (Å²) in [6.07, 6.45) is 2.97. The zero-order valence-corrected chi connectivity index (χ0v) is 14.2. The molecule has 122 valence electrons. The Bertz CT molecular complexity index is 937. The van der Waals surface area contributed by atoms with E-state index in [0.29, 0.717) is 21.5 Å². The molecular formula is C17H13ClN2O3S. The van der Waals surface area contributed by atoms with Crippen molar-refractivity contribution in [1.82, 2.24) is 4.98 Å². The molecular weight excluding hydrogens is 348 g/mol. The Kier molecular flexibility index (Phi) is 4.69. The fraction of sp³-hybridized carbons (Fsp3) is 0.0588. The quantitative estimate of drug-likeness (QED) is 0.680. The van der Waals surface area contributed by atoms with E-state index in [0.717, 1.165) is 10.2 Å². The van der Waals surface area contributed by atoms with Crippen LogP contribution < -0.4 is 10.1 Å². The average Bonchev–Trinajstić information content (AvgIpc) is 2.94. The summed E-state index contributed by atoms with van der Waals surface area (Å²) in [6.45, 7) is 0. The van der Waals surface area contributed by atoms with Crippen LogP contribution in [0.15, 0.2) is 42.5 Å². The summed E-state index contributed by atoms with van der Waals surface area (Å²) >= 11 is 7.29. The highest BCUT2D eigenvalue weighted by Gasteiger charge is 2.06. The van der Waals surface area contributed by atoms with E-state index in [1.165, 1.54) is 30.6 Å². The van der Waals surface area contributed by atoms with Gasteiger partial charge in [-0.15, -0.1) is 0 Å². The molecule has 0 bridgehead atoms. The molecule has 5 nitrogen and oxygen atoms in total.